The lowest BCUT2D eigenvalue weighted by atomic mass is 10.0. The third-order valence-electron chi connectivity index (χ3n) is 2.44. The molecule has 5 nitrogen and oxygen atoms in total. The molecule has 0 saturated carbocycles. The Bertz CT molecular complexity index is 425. The van der Waals surface area contributed by atoms with Crippen molar-refractivity contribution in [2.45, 2.75) is 12.5 Å². The molecule has 0 fully saturated rings. The van der Waals surface area contributed by atoms with Crippen molar-refractivity contribution in [1.82, 2.24) is 5.32 Å². The van der Waals surface area contributed by atoms with Crippen LogP contribution in [0.2, 0.25) is 0 Å². The van der Waals surface area contributed by atoms with Crippen LogP contribution in [-0.4, -0.2) is 19.0 Å². The number of nitrogens with two attached hydrogens (primary N) is 1. The first-order chi connectivity index (χ1) is 7.69. The van der Waals surface area contributed by atoms with Gasteiger partial charge in [-0.3, -0.25) is 10.1 Å². The van der Waals surface area contributed by atoms with Gasteiger partial charge in [-0.2, -0.15) is 0 Å². The predicted molar refractivity (Wildman–Crippen MR) is 60.1 cm³/mol. The van der Waals surface area contributed by atoms with Crippen LogP contribution >= 0.6 is 0 Å². The Morgan fingerprint density at radius 3 is 2.69 bits per heavy atom. The monoisotopic (exact) mass is 219 g/mol. The molecule has 1 aromatic rings. The first kappa shape index (κ1) is 10.5. The Kier molecular flexibility index (Phi) is 2.76. The van der Waals surface area contributed by atoms with E-state index in [2.05, 4.69) is 10.3 Å². The van der Waals surface area contributed by atoms with E-state index < -0.39 is 0 Å². The second kappa shape index (κ2) is 4.22. The van der Waals surface area contributed by atoms with Crippen molar-refractivity contribution >= 4 is 11.9 Å². The molecule has 0 radical (unpaired) electrons. The van der Waals surface area contributed by atoms with E-state index in [0.717, 1.165) is 11.3 Å². The number of carbonyl (C=O) groups is 1. The number of hydrogen-bond acceptors (Lipinski definition) is 4. The fraction of sp³-hybridized carbons (Fsp3) is 0.273. The molecule has 0 aromatic heterocycles. The van der Waals surface area contributed by atoms with Crippen LogP contribution in [0.3, 0.4) is 0 Å². The van der Waals surface area contributed by atoms with Gasteiger partial charge in [-0.05, 0) is 17.7 Å². The third kappa shape index (κ3) is 2.13. The molecule has 1 aliphatic heterocycles. The van der Waals surface area contributed by atoms with E-state index >= 15 is 0 Å². The topological polar surface area (TPSA) is 76.7 Å². The molecule has 1 amide bonds. The van der Waals surface area contributed by atoms with Crippen LogP contribution in [0.5, 0.6) is 5.75 Å². The van der Waals surface area contributed by atoms with E-state index in [1.807, 2.05) is 24.3 Å². The van der Waals surface area contributed by atoms with Gasteiger partial charge in [0.1, 0.15) is 5.75 Å². The Hall–Kier alpha value is -2.04. The van der Waals surface area contributed by atoms with Crippen molar-refractivity contribution in [2.75, 3.05) is 7.11 Å². The number of guanidine groups is 1. The summed E-state index contributed by atoms with van der Waals surface area (Å²) in [6.07, 6.45) is 0.326. The number of nitrogens with zero attached hydrogens (tertiary/aromatic N) is 1. The fourth-order valence-corrected chi connectivity index (χ4v) is 1.63. The van der Waals surface area contributed by atoms with Crippen LogP contribution in [-0.2, 0) is 4.79 Å². The number of aliphatic imine (C=N–C) groups is 1. The second-order valence-corrected chi connectivity index (χ2v) is 3.56. The van der Waals surface area contributed by atoms with Crippen LogP contribution in [0, 0.1) is 0 Å². The molecule has 3 N–H and O–H groups in total. The predicted octanol–water partition coefficient (Wildman–Crippen LogP) is 0.571. The second-order valence-electron chi connectivity index (χ2n) is 3.56. The summed E-state index contributed by atoms with van der Waals surface area (Å²) in [6, 6.07) is 7.26. The molecular weight excluding hydrogens is 206 g/mol. The summed E-state index contributed by atoms with van der Waals surface area (Å²) < 4.78 is 5.06. The van der Waals surface area contributed by atoms with Crippen LogP contribution in [0.25, 0.3) is 0 Å². The molecule has 5 heteroatoms. The summed E-state index contributed by atoms with van der Waals surface area (Å²) in [5, 5.41) is 2.47. The molecule has 1 heterocycles. The van der Waals surface area contributed by atoms with Gasteiger partial charge in [0, 0.05) is 0 Å². The first-order valence-electron chi connectivity index (χ1n) is 4.96. The Morgan fingerprint density at radius 2 is 2.12 bits per heavy atom. The number of benzene rings is 1. The minimum absolute atomic E-state index is 0.103. The molecule has 2 rings (SSSR count). The van der Waals surface area contributed by atoms with Gasteiger partial charge in [0.15, 0.2) is 5.96 Å². The molecule has 84 valence electrons. The number of methoxy groups -OCH3 is 1. The minimum Gasteiger partial charge on any atom is -0.497 e. The van der Waals surface area contributed by atoms with Gasteiger partial charge in [-0.1, -0.05) is 12.1 Å². The van der Waals surface area contributed by atoms with Gasteiger partial charge in [0.2, 0.25) is 5.91 Å². The zero-order valence-corrected chi connectivity index (χ0v) is 8.93. The number of carbonyl (C=O) groups excluding carboxylic acids is 1. The standard InChI is InChI=1S/C11H13N3O2/c1-16-8-4-2-7(3-5-8)9-6-10(15)14-11(12)13-9/h2-5,9H,6H2,1H3,(H3,12,13,14,15)/t9-/m0/s1. The highest BCUT2D eigenvalue weighted by molar-refractivity contribution is 5.98. The van der Waals surface area contributed by atoms with E-state index in [-0.39, 0.29) is 17.9 Å². The lowest BCUT2D eigenvalue weighted by Gasteiger charge is -2.18. The Labute approximate surface area is 93.3 Å². The van der Waals surface area contributed by atoms with Crippen molar-refractivity contribution in [3.8, 4) is 5.75 Å². The average Bonchev–Trinajstić information content (AvgIpc) is 2.28. The summed E-state index contributed by atoms with van der Waals surface area (Å²) in [7, 11) is 1.61. The van der Waals surface area contributed by atoms with Gasteiger partial charge in [-0.25, -0.2) is 4.99 Å². The summed E-state index contributed by atoms with van der Waals surface area (Å²) in [5.41, 5.74) is 6.46. The molecule has 16 heavy (non-hydrogen) atoms. The Morgan fingerprint density at radius 1 is 1.44 bits per heavy atom. The zero-order valence-electron chi connectivity index (χ0n) is 8.93. The number of nitrogens with one attached hydrogen (secondary N) is 1. The third-order valence-corrected chi connectivity index (χ3v) is 2.44. The highest BCUT2D eigenvalue weighted by atomic mass is 16.5. The molecule has 0 aliphatic carbocycles. The Balaban J connectivity index is 2.23. The van der Waals surface area contributed by atoms with Crippen LogP contribution < -0.4 is 15.8 Å². The number of amides is 1. The number of rotatable bonds is 2. The highest BCUT2D eigenvalue weighted by Crippen LogP contribution is 2.24. The summed E-state index contributed by atoms with van der Waals surface area (Å²) in [6.45, 7) is 0. The average molecular weight is 219 g/mol. The molecule has 1 aliphatic rings. The highest BCUT2D eigenvalue weighted by Gasteiger charge is 2.20. The normalized spacial score (nSPS) is 19.9. The summed E-state index contributed by atoms with van der Waals surface area (Å²) in [5.74, 6) is 0.853. The molecule has 1 atom stereocenters. The molecular formula is C11H13N3O2. The van der Waals surface area contributed by atoms with Crippen molar-refractivity contribution in [3.63, 3.8) is 0 Å². The summed E-state index contributed by atoms with van der Waals surface area (Å²) >= 11 is 0. The van der Waals surface area contributed by atoms with Gasteiger partial charge < -0.3 is 10.5 Å². The largest absolute Gasteiger partial charge is 0.497 e. The van der Waals surface area contributed by atoms with Crippen LogP contribution in [0.4, 0.5) is 0 Å². The summed E-state index contributed by atoms with van der Waals surface area (Å²) in [4.78, 5) is 15.5. The molecule has 1 aromatic carbocycles. The zero-order chi connectivity index (χ0) is 11.5. The lowest BCUT2D eigenvalue weighted by molar-refractivity contribution is -0.120. The maximum atomic E-state index is 11.3. The number of ether oxygens (including phenoxy) is 1. The van der Waals surface area contributed by atoms with Gasteiger partial charge in [0.05, 0.1) is 19.6 Å². The van der Waals surface area contributed by atoms with E-state index in [9.17, 15) is 4.79 Å². The lowest BCUT2D eigenvalue weighted by Crippen LogP contribution is -2.41. The van der Waals surface area contributed by atoms with E-state index in [4.69, 9.17) is 10.5 Å². The van der Waals surface area contributed by atoms with E-state index in [1.165, 1.54) is 0 Å². The van der Waals surface area contributed by atoms with Crippen LogP contribution in [0.1, 0.15) is 18.0 Å². The number of hydrogen-bond donors (Lipinski definition) is 2. The molecule has 0 unspecified atom stereocenters. The maximum Gasteiger partial charge on any atom is 0.229 e. The van der Waals surface area contributed by atoms with E-state index in [1.54, 1.807) is 7.11 Å². The fourth-order valence-electron chi connectivity index (χ4n) is 1.63. The van der Waals surface area contributed by atoms with Crippen molar-refractivity contribution in [2.24, 2.45) is 10.7 Å². The molecule has 0 saturated heterocycles. The minimum atomic E-state index is -0.195. The molecule has 0 spiro atoms. The smallest absolute Gasteiger partial charge is 0.229 e. The first-order valence-corrected chi connectivity index (χ1v) is 4.96. The van der Waals surface area contributed by atoms with Crippen molar-refractivity contribution in [1.29, 1.82) is 0 Å². The van der Waals surface area contributed by atoms with Gasteiger partial charge >= 0.3 is 0 Å². The maximum absolute atomic E-state index is 11.3. The molecule has 0 bridgehead atoms. The van der Waals surface area contributed by atoms with Crippen molar-refractivity contribution < 1.29 is 9.53 Å². The van der Waals surface area contributed by atoms with Gasteiger partial charge in [-0.15, -0.1) is 0 Å². The van der Waals surface area contributed by atoms with Crippen molar-refractivity contribution in [3.05, 3.63) is 29.8 Å². The van der Waals surface area contributed by atoms with Crippen LogP contribution in [0.15, 0.2) is 29.3 Å². The van der Waals surface area contributed by atoms with E-state index in [0.29, 0.717) is 6.42 Å². The quantitative estimate of drug-likeness (QED) is 0.763. The SMILES string of the molecule is COc1ccc([C@@H]2CC(=O)NC(N)=N2)cc1. The van der Waals surface area contributed by atoms with Gasteiger partial charge in [0.25, 0.3) is 0 Å².